The van der Waals surface area contributed by atoms with Gasteiger partial charge in [-0.1, -0.05) is 6.07 Å². The second-order valence-electron chi connectivity index (χ2n) is 4.88. The zero-order valence-electron chi connectivity index (χ0n) is 12.5. The summed E-state index contributed by atoms with van der Waals surface area (Å²) in [5, 5.41) is 31.5. The molecule has 0 saturated heterocycles. The molecule has 1 aromatic heterocycles. The molecule has 10 heteroatoms. The van der Waals surface area contributed by atoms with Gasteiger partial charge in [-0.25, -0.2) is 9.59 Å². The zero-order chi connectivity index (χ0) is 18.5. The largest absolute Gasteiger partial charge is 0.480 e. The Hall–Kier alpha value is -2.72. The number of carboxylic acid groups (broad SMARTS) is 3. The average Bonchev–Trinajstić information content (AvgIpc) is 2.97. The molecular formula is C14H16N2O7S. The maximum Gasteiger partial charge on any atom is 0.334 e. The molecule has 1 amide bonds. The van der Waals surface area contributed by atoms with Crippen LogP contribution >= 0.6 is 11.3 Å². The van der Waals surface area contributed by atoms with Gasteiger partial charge in [0.15, 0.2) is 5.54 Å². The minimum absolute atomic E-state index is 0.274. The summed E-state index contributed by atoms with van der Waals surface area (Å²) in [6.45, 7) is 1.03. The van der Waals surface area contributed by atoms with Gasteiger partial charge in [-0.05, 0) is 17.5 Å². The van der Waals surface area contributed by atoms with Crippen LogP contribution in [0.4, 0.5) is 0 Å². The van der Waals surface area contributed by atoms with Crippen molar-refractivity contribution in [1.82, 2.24) is 5.32 Å². The van der Waals surface area contributed by atoms with E-state index in [-0.39, 0.29) is 4.88 Å². The van der Waals surface area contributed by atoms with Crippen molar-refractivity contribution in [2.24, 2.45) is 5.73 Å². The summed E-state index contributed by atoms with van der Waals surface area (Å²) >= 11 is 1.04. The molecule has 0 bridgehead atoms. The van der Waals surface area contributed by atoms with Gasteiger partial charge in [0.05, 0.1) is 5.92 Å². The molecule has 0 aliphatic heterocycles. The van der Waals surface area contributed by atoms with Crippen LogP contribution in [0.2, 0.25) is 0 Å². The average molecular weight is 356 g/mol. The normalized spacial score (nSPS) is 16.1. The van der Waals surface area contributed by atoms with Gasteiger partial charge in [0.2, 0.25) is 5.91 Å². The lowest BCUT2D eigenvalue weighted by Crippen LogP contribution is -2.61. The number of carboxylic acids is 3. The number of amides is 1. The number of thiophene rings is 1. The SMILES string of the molecule is CC(=O)N[C@@](/C=C/C(=O)O)(C(=O)O)C(c1cccs1)C(N)C(=O)O. The third kappa shape index (κ3) is 4.18. The third-order valence-electron chi connectivity index (χ3n) is 3.21. The fraction of sp³-hybridized carbons (Fsp3) is 0.286. The molecule has 9 nitrogen and oxygen atoms in total. The van der Waals surface area contributed by atoms with E-state index in [0.29, 0.717) is 6.08 Å². The minimum atomic E-state index is -2.34. The molecule has 24 heavy (non-hydrogen) atoms. The molecule has 1 heterocycles. The van der Waals surface area contributed by atoms with Gasteiger partial charge >= 0.3 is 17.9 Å². The van der Waals surface area contributed by atoms with Gasteiger partial charge in [0, 0.05) is 17.9 Å². The second kappa shape index (κ2) is 7.70. The smallest absolute Gasteiger partial charge is 0.334 e. The lowest BCUT2D eigenvalue weighted by molar-refractivity contribution is -0.148. The standard InChI is InChI=1S/C14H16N2O7S/c1-7(17)16-14(13(22)23,5-4-9(18)19)10(11(15)12(20)21)8-3-2-6-24-8/h2-6,10-11H,15H2,1H3,(H,16,17)(H,18,19)(H,20,21)(H,22,23)/b5-4+/t10?,11?,14-/m1/s1. The molecule has 2 unspecified atom stereocenters. The molecule has 0 radical (unpaired) electrons. The van der Waals surface area contributed by atoms with E-state index in [2.05, 4.69) is 5.32 Å². The number of hydrogen-bond donors (Lipinski definition) is 5. The molecule has 0 fully saturated rings. The number of hydrogen-bond acceptors (Lipinski definition) is 6. The van der Waals surface area contributed by atoms with Gasteiger partial charge in [-0.2, -0.15) is 0 Å². The highest BCUT2D eigenvalue weighted by Gasteiger charge is 2.50. The first-order valence-corrected chi connectivity index (χ1v) is 7.46. The number of nitrogens with one attached hydrogen (secondary N) is 1. The topological polar surface area (TPSA) is 167 Å². The number of nitrogens with two attached hydrogens (primary N) is 1. The van der Waals surface area contributed by atoms with Gasteiger partial charge in [0.25, 0.3) is 0 Å². The molecule has 130 valence electrons. The molecule has 0 spiro atoms. The van der Waals surface area contributed by atoms with Gasteiger partial charge in [0.1, 0.15) is 6.04 Å². The maximum atomic E-state index is 11.9. The Kier molecular flexibility index (Phi) is 6.20. The highest BCUT2D eigenvalue weighted by atomic mass is 32.1. The molecule has 1 rings (SSSR count). The van der Waals surface area contributed by atoms with Crippen LogP contribution in [0.15, 0.2) is 29.7 Å². The van der Waals surface area contributed by atoms with Crippen molar-refractivity contribution in [1.29, 1.82) is 0 Å². The molecule has 0 aromatic carbocycles. The van der Waals surface area contributed by atoms with Crippen LogP contribution in [0, 0.1) is 0 Å². The first-order valence-electron chi connectivity index (χ1n) is 6.58. The summed E-state index contributed by atoms with van der Waals surface area (Å²) in [5.74, 6) is -6.79. The Morgan fingerprint density at radius 1 is 1.29 bits per heavy atom. The van der Waals surface area contributed by atoms with Crippen LogP contribution in [-0.4, -0.2) is 50.7 Å². The molecule has 1 aromatic rings. The lowest BCUT2D eigenvalue weighted by atomic mass is 9.77. The maximum absolute atomic E-state index is 11.9. The van der Waals surface area contributed by atoms with Crippen molar-refractivity contribution in [2.75, 3.05) is 0 Å². The van der Waals surface area contributed by atoms with Crippen molar-refractivity contribution < 1.29 is 34.5 Å². The Morgan fingerprint density at radius 3 is 2.29 bits per heavy atom. The monoisotopic (exact) mass is 356 g/mol. The number of carbonyl (C=O) groups excluding carboxylic acids is 1. The molecule has 3 atom stereocenters. The Labute approximate surface area is 140 Å². The van der Waals surface area contributed by atoms with Crippen LogP contribution < -0.4 is 11.1 Å². The van der Waals surface area contributed by atoms with Crippen molar-refractivity contribution in [3.8, 4) is 0 Å². The summed E-state index contributed by atoms with van der Waals surface area (Å²) < 4.78 is 0. The molecule has 0 aliphatic rings. The minimum Gasteiger partial charge on any atom is -0.480 e. The van der Waals surface area contributed by atoms with Crippen LogP contribution in [0.3, 0.4) is 0 Å². The van der Waals surface area contributed by atoms with Gasteiger partial charge in [-0.3, -0.25) is 9.59 Å². The highest BCUT2D eigenvalue weighted by Crippen LogP contribution is 2.36. The number of rotatable bonds is 8. The number of carbonyl (C=O) groups is 4. The Bertz CT molecular complexity index is 671. The third-order valence-corrected chi connectivity index (χ3v) is 4.17. The van der Waals surface area contributed by atoms with E-state index in [9.17, 15) is 29.4 Å². The number of aliphatic carboxylic acids is 3. The molecule has 0 saturated carbocycles. The van der Waals surface area contributed by atoms with E-state index in [0.717, 1.165) is 24.3 Å². The summed E-state index contributed by atoms with van der Waals surface area (Å²) in [7, 11) is 0. The van der Waals surface area contributed by atoms with Crippen LogP contribution in [0.5, 0.6) is 0 Å². The van der Waals surface area contributed by atoms with E-state index < -0.39 is 41.3 Å². The predicted octanol–water partition coefficient (Wildman–Crippen LogP) is -0.156. The summed E-state index contributed by atoms with van der Waals surface area (Å²) in [5.41, 5.74) is 3.33. The molecule has 6 N–H and O–H groups in total. The van der Waals surface area contributed by atoms with Crippen LogP contribution in [0.25, 0.3) is 0 Å². The van der Waals surface area contributed by atoms with E-state index in [1.165, 1.54) is 6.07 Å². The van der Waals surface area contributed by atoms with E-state index >= 15 is 0 Å². The first kappa shape index (κ1) is 19.3. The first-order chi connectivity index (χ1) is 11.1. The Balaban J connectivity index is 3.65. The molecular weight excluding hydrogens is 340 g/mol. The van der Waals surface area contributed by atoms with E-state index in [1.54, 1.807) is 11.4 Å². The van der Waals surface area contributed by atoms with Crippen molar-refractivity contribution in [2.45, 2.75) is 24.4 Å². The zero-order valence-corrected chi connectivity index (χ0v) is 13.3. The van der Waals surface area contributed by atoms with Crippen LogP contribution in [-0.2, 0) is 19.2 Å². The lowest BCUT2D eigenvalue weighted by Gasteiger charge is -2.36. The fourth-order valence-electron chi connectivity index (χ4n) is 2.27. The summed E-state index contributed by atoms with van der Waals surface area (Å²) in [6, 6.07) is 1.32. The second-order valence-corrected chi connectivity index (χ2v) is 5.86. The van der Waals surface area contributed by atoms with Crippen molar-refractivity contribution in [3.05, 3.63) is 34.5 Å². The highest BCUT2D eigenvalue weighted by molar-refractivity contribution is 7.10. The van der Waals surface area contributed by atoms with Crippen molar-refractivity contribution >= 4 is 35.2 Å². The summed E-state index contributed by atoms with van der Waals surface area (Å²) in [4.78, 5) is 45.9. The fourth-order valence-corrected chi connectivity index (χ4v) is 3.22. The van der Waals surface area contributed by atoms with Crippen LogP contribution in [0.1, 0.15) is 17.7 Å². The van der Waals surface area contributed by atoms with Gasteiger partial charge < -0.3 is 26.4 Å². The quantitative estimate of drug-likeness (QED) is 0.401. The van der Waals surface area contributed by atoms with E-state index in [1.807, 2.05) is 0 Å². The van der Waals surface area contributed by atoms with Gasteiger partial charge in [-0.15, -0.1) is 11.3 Å². The van der Waals surface area contributed by atoms with E-state index in [4.69, 9.17) is 10.8 Å². The predicted molar refractivity (Wildman–Crippen MR) is 83.6 cm³/mol. The van der Waals surface area contributed by atoms with Crippen molar-refractivity contribution in [3.63, 3.8) is 0 Å². The molecule has 0 aliphatic carbocycles. The Morgan fingerprint density at radius 2 is 1.92 bits per heavy atom. The summed E-state index contributed by atoms with van der Waals surface area (Å²) in [6.07, 6.45) is 1.26.